The summed E-state index contributed by atoms with van der Waals surface area (Å²) in [5.41, 5.74) is 3.29. The van der Waals surface area contributed by atoms with Gasteiger partial charge in [-0.2, -0.15) is 0 Å². The molecule has 0 spiro atoms. The fourth-order valence-electron chi connectivity index (χ4n) is 4.43. The molecule has 1 aromatic carbocycles. The van der Waals surface area contributed by atoms with Gasteiger partial charge in [-0.1, -0.05) is 6.08 Å². The molecule has 3 heterocycles. The first-order valence-corrected chi connectivity index (χ1v) is 10.4. The second kappa shape index (κ2) is 8.37. The Kier molecular flexibility index (Phi) is 5.87. The maximum atomic E-state index is 15.7. The van der Waals surface area contributed by atoms with Gasteiger partial charge in [-0.25, -0.2) is 4.39 Å². The quantitative estimate of drug-likeness (QED) is 0.544. The van der Waals surface area contributed by atoms with E-state index >= 15 is 4.39 Å². The highest BCUT2D eigenvalue weighted by atomic mass is 19.1. The van der Waals surface area contributed by atoms with Crippen molar-refractivity contribution in [2.24, 2.45) is 0 Å². The van der Waals surface area contributed by atoms with Gasteiger partial charge in [0.1, 0.15) is 12.0 Å². The molecule has 3 aliphatic rings. The molecule has 4 unspecified atom stereocenters. The Bertz CT molecular complexity index is 753. The van der Waals surface area contributed by atoms with Crippen LogP contribution in [0.1, 0.15) is 44.2 Å². The number of fused-ring (bicyclic) bond motifs is 1. The summed E-state index contributed by atoms with van der Waals surface area (Å²) in [7, 11) is 1.94. The molecular formula is C21H32FN5O. The van der Waals surface area contributed by atoms with Gasteiger partial charge in [0.25, 0.3) is 0 Å². The third-order valence-corrected chi connectivity index (χ3v) is 5.83. The fraction of sp³-hybridized carbons (Fsp3) is 0.619. The number of ether oxygens (including phenoxy) is 1. The van der Waals surface area contributed by atoms with Crippen LogP contribution in [-0.4, -0.2) is 44.7 Å². The minimum Gasteiger partial charge on any atom is -0.492 e. The van der Waals surface area contributed by atoms with E-state index in [2.05, 4.69) is 46.5 Å². The standard InChI is InChI=1S/C21H32FN5O/c1-12-9-14(5-4-7-24-12)18-19(22)16(11-15-6-8-28-20(15)18)26-21-25-13(2)10-17(23-3)27-21/h9,11-13,17,21,23-27H,4-8,10H2,1-3H3. The molecule has 4 rings (SSSR count). The zero-order valence-corrected chi connectivity index (χ0v) is 17.0. The lowest BCUT2D eigenvalue weighted by atomic mass is 9.95. The summed E-state index contributed by atoms with van der Waals surface area (Å²) < 4.78 is 21.6. The normalized spacial score (nSPS) is 30.2. The molecule has 0 amide bonds. The number of hydrogen-bond donors (Lipinski definition) is 5. The predicted molar refractivity (Wildman–Crippen MR) is 111 cm³/mol. The van der Waals surface area contributed by atoms with Crippen LogP contribution in [0.25, 0.3) is 5.57 Å². The molecule has 154 valence electrons. The first-order valence-electron chi connectivity index (χ1n) is 10.4. The second-order valence-electron chi connectivity index (χ2n) is 8.13. The Labute approximate surface area is 166 Å². The Morgan fingerprint density at radius 1 is 1.21 bits per heavy atom. The van der Waals surface area contributed by atoms with E-state index in [-0.39, 0.29) is 24.3 Å². The van der Waals surface area contributed by atoms with E-state index in [0.29, 0.717) is 23.9 Å². The molecule has 0 aromatic heterocycles. The van der Waals surface area contributed by atoms with E-state index in [4.69, 9.17) is 4.74 Å². The second-order valence-corrected chi connectivity index (χ2v) is 8.13. The topological polar surface area (TPSA) is 69.4 Å². The smallest absolute Gasteiger partial charge is 0.157 e. The van der Waals surface area contributed by atoms with Gasteiger partial charge in [0.2, 0.25) is 0 Å². The number of anilines is 1. The molecule has 0 saturated carbocycles. The summed E-state index contributed by atoms with van der Waals surface area (Å²) in [5, 5.41) is 16.9. The van der Waals surface area contributed by atoms with Crippen molar-refractivity contribution in [2.75, 3.05) is 25.5 Å². The third kappa shape index (κ3) is 4.03. The van der Waals surface area contributed by atoms with Crippen LogP contribution in [0.2, 0.25) is 0 Å². The Morgan fingerprint density at radius 3 is 2.89 bits per heavy atom. The van der Waals surface area contributed by atoms with Crippen LogP contribution in [-0.2, 0) is 6.42 Å². The van der Waals surface area contributed by atoms with Gasteiger partial charge in [0, 0.05) is 24.1 Å². The molecule has 1 aromatic rings. The van der Waals surface area contributed by atoms with Crippen LogP contribution in [0.5, 0.6) is 5.75 Å². The van der Waals surface area contributed by atoms with Gasteiger partial charge in [-0.15, -0.1) is 0 Å². The maximum absolute atomic E-state index is 15.7. The number of rotatable bonds is 4. The molecule has 3 aliphatic heterocycles. The van der Waals surface area contributed by atoms with Crippen molar-refractivity contribution in [3.63, 3.8) is 0 Å². The summed E-state index contributed by atoms with van der Waals surface area (Å²) in [4.78, 5) is 0. The fourth-order valence-corrected chi connectivity index (χ4v) is 4.43. The maximum Gasteiger partial charge on any atom is 0.157 e. The average Bonchev–Trinajstić information content (AvgIpc) is 3.01. The van der Waals surface area contributed by atoms with Gasteiger partial charge in [0.05, 0.1) is 24.0 Å². The molecule has 1 saturated heterocycles. The summed E-state index contributed by atoms with van der Waals surface area (Å²) in [6, 6.07) is 2.47. The minimum absolute atomic E-state index is 0.186. The Morgan fingerprint density at radius 2 is 2.07 bits per heavy atom. The van der Waals surface area contributed by atoms with Crippen molar-refractivity contribution >= 4 is 11.3 Å². The molecule has 1 fully saturated rings. The van der Waals surface area contributed by atoms with E-state index in [1.807, 2.05) is 13.1 Å². The molecule has 4 atom stereocenters. The number of nitrogens with one attached hydrogen (secondary N) is 5. The van der Waals surface area contributed by atoms with E-state index in [1.165, 1.54) is 0 Å². The molecule has 7 heteroatoms. The lowest BCUT2D eigenvalue weighted by Gasteiger charge is -2.37. The molecule has 6 nitrogen and oxygen atoms in total. The number of benzene rings is 1. The van der Waals surface area contributed by atoms with Crippen molar-refractivity contribution in [3.05, 3.63) is 29.1 Å². The van der Waals surface area contributed by atoms with Gasteiger partial charge >= 0.3 is 0 Å². The molecule has 0 radical (unpaired) electrons. The Balaban J connectivity index is 1.67. The largest absolute Gasteiger partial charge is 0.492 e. The lowest BCUT2D eigenvalue weighted by Crippen LogP contribution is -2.63. The minimum atomic E-state index is -0.219. The number of halogens is 1. The summed E-state index contributed by atoms with van der Waals surface area (Å²) >= 11 is 0. The highest BCUT2D eigenvalue weighted by molar-refractivity contribution is 5.77. The van der Waals surface area contributed by atoms with Crippen LogP contribution >= 0.6 is 0 Å². The molecular weight excluding hydrogens is 357 g/mol. The van der Waals surface area contributed by atoms with Gasteiger partial charge in [0.15, 0.2) is 5.82 Å². The van der Waals surface area contributed by atoms with Gasteiger partial charge < -0.3 is 20.7 Å². The molecule has 28 heavy (non-hydrogen) atoms. The van der Waals surface area contributed by atoms with E-state index < -0.39 is 0 Å². The summed E-state index contributed by atoms with van der Waals surface area (Å²) in [6.45, 7) is 5.82. The van der Waals surface area contributed by atoms with Crippen LogP contribution < -0.4 is 31.3 Å². The van der Waals surface area contributed by atoms with Crippen molar-refractivity contribution in [3.8, 4) is 5.75 Å². The van der Waals surface area contributed by atoms with Crippen molar-refractivity contribution < 1.29 is 9.13 Å². The highest BCUT2D eigenvalue weighted by Crippen LogP contribution is 2.41. The zero-order valence-electron chi connectivity index (χ0n) is 17.0. The van der Waals surface area contributed by atoms with Gasteiger partial charge in [-0.05, 0) is 58.3 Å². The first-order chi connectivity index (χ1) is 13.5. The lowest BCUT2D eigenvalue weighted by molar-refractivity contribution is 0.249. The van der Waals surface area contributed by atoms with E-state index in [0.717, 1.165) is 49.1 Å². The van der Waals surface area contributed by atoms with Crippen LogP contribution in [0.15, 0.2) is 12.1 Å². The molecule has 0 bridgehead atoms. The van der Waals surface area contributed by atoms with Gasteiger partial charge in [-0.3, -0.25) is 10.6 Å². The zero-order chi connectivity index (χ0) is 19.7. The predicted octanol–water partition coefficient (Wildman–Crippen LogP) is 2.13. The Hall–Kier alpha value is -1.67. The van der Waals surface area contributed by atoms with E-state index in [9.17, 15) is 0 Å². The van der Waals surface area contributed by atoms with Crippen molar-refractivity contribution in [1.29, 1.82) is 0 Å². The number of allylic oxidation sites excluding steroid dienone is 1. The SMILES string of the molecule is CNC1CC(C)NC(Nc2cc3c(c(C4=CC(C)NCCC4)c2F)OCC3)N1. The summed E-state index contributed by atoms with van der Waals surface area (Å²) in [5.74, 6) is 0.512. The van der Waals surface area contributed by atoms with Crippen LogP contribution in [0, 0.1) is 5.82 Å². The monoisotopic (exact) mass is 389 g/mol. The van der Waals surface area contributed by atoms with Crippen molar-refractivity contribution in [2.45, 2.75) is 64.1 Å². The average molecular weight is 390 g/mol. The van der Waals surface area contributed by atoms with E-state index in [1.54, 1.807) is 0 Å². The van der Waals surface area contributed by atoms with Crippen molar-refractivity contribution in [1.82, 2.24) is 21.3 Å². The highest BCUT2D eigenvalue weighted by Gasteiger charge is 2.29. The summed E-state index contributed by atoms with van der Waals surface area (Å²) in [6.07, 6.45) is 5.77. The third-order valence-electron chi connectivity index (χ3n) is 5.83. The number of hydrogen-bond acceptors (Lipinski definition) is 6. The van der Waals surface area contributed by atoms with Crippen LogP contribution in [0.4, 0.5) is 10.1 Å². The molecule has 5 N–H and O–H groups in total. The van der Waals surface area contributed by atoms with Crippen LogP contribution in [0.3, 0.4) is 0 Å². The first kappa shape index (κ1) is 19.6. The molecule has 0 aliphatic carbocycles.